The Kier molecular flexibility index (Phi) is 4.89. The molecule has 0 aliphatic heterocycles. The number of nitrogens with one attached hydrogen (secondary N) is 1. The zero-order chi connectivity index (χ0) is 18.3. The molecule has 2 heterocycles. The number of anilines is 1. The third-order valence-electron chi connectivity index (χ3n) is 4.10. The number of aryl methyl sites for hydroxylation is 4. The Morgan fingerprint density at radius 1 is 1.24 bits per heavy atom. The van der Waals surface area contributed by atoms with E-state index in [4.69, 9.17) is 11.6 Å². The second-order valence-corrected chi connectivity index (χ2v) is 7.47. The molecule has 1 aromatic carbocycles. The van der Waals surface area contributed by atoms with Gasteiger partial charge in [-0.05, 0) is 71.9 Å². The molecule has 2 aromatic heterocycles. The summed E-state index contributed by atoms with van der Waals surface area (Å²) in [6.07, 6.45) is 2.58. The van der Waals surface area contributed by atoms with Crippen LogP contribution in [0, 0.1) is 20.8 Å². The number of carbonyl (C=O) groups is 1. The highest BCUT2D eigenvalue weighted by Gasteiger charge is 2.21. The number of imidazole rings is 1. The molecule has 0 saturated carbocycles. The lowest BCUT2D eigenvalue weighted by Crippen LogP contribution is -2.17. The molecule has 0 atom stereocenters. The van der Waals surface area contributed by atoms with Gasteiger partial charge in [-0.15, -0.1) is 0 Å². The quantitative estimate of drug-likeness (QED) is 0.609. The van der Waals surface area contributed by atoms with Crippen LogP contribution in [0.1, 0.15) is 39.8 Å². The topological polar surface area (TPSA) is 46.4 Å². The second-order valence-electron chi connectivity index (χ2n) is 6.21. The number of carbonyl (C=O) groups excluding carboxylic acids is 1. The number of pyridine rings is 1. The van der Waals surface area contributed by atoms with Crippen LogP contribution < -0.4 is 5.32 Å². The lowest BCUT2D eigenvalue weighted by molar-refractivity contribution is 0.102. The van der Waals surface area contributed by atoms with Gasteiger partial charge in [0.15, 0.2) is 5.65 Å². The zero-order valence-corrected chi connectivity index (χ0v) is 16.9. The van der Waals surface area contributed by atoms with E-state index in [9.17, 15) is 4.79 Å². The van der Waals surface area contributed by atoms with E-state index in [0.29, 0.717) is 22.8 Å². The van der Waals surface area contributed by atoms with Crippen molar-refractivity contribution in [3.05, 3.63) is 62.0 Å². The number of rotatable bonds is 3. The fraction of sp³-hybridized carbons (Fsp3) is 0.263. The van der Waals surface area contributed by atoms with Gasteiger partial charge in [0.2, 0.25) is 0 Å². The minimum atomic E-state index is -0.212. The van der Waals surface area contributed by atoms with Crippen LogP contribution in [-0.4, -0.2) is 15.3 Å². The summed E-state index contributed by atoms with van der Waals surface area (Å²) < 4.78 is 2.70. The van der Waals surface area contributed by atoms with E-state index >= 15 is 0 Å². The van der Waals surface area contributed by atoms with E-state index < -0.39 is 0 Å². The summed E-state index contributed by atoms with van der Waals surface area (Å²) in [6.45, 7) is 7.89. The number of halogens is 2. The molecule has 0 saturated heterocycles. The van der Waals surface area contributed by atoms with Gasteiger partial charge in [-0.25, -0.2) is 4.98 Å². The van der Waals surface area contributed by atoms with Crippen LogP contribution in [0.25, 0.3) is 5.65 Å². The predicted octanol–water partition coefficient (Wildman–Crippen LogP) is 5.49. The molecule has 0 radical (unpaired) electrons. The van der Waals surface area contributed by atoms with Gasteiger partial charge in [0.1, 0.15) is 5.69 Å². The molecule has 0 spiro atoms. The average Bonchev–Trinajstić information content (AvgIpc) is 2.89. The van der Waals surface area contributed by atoms with Crippen molar-refractivity contribution in [2.24, 2.45) is 0 Å². The molecule has 0 unspecified atom stereocenters. The lowest BCUT2D eigenvalue weighted by Gasteiger charge is -2.12. The van der Waals surface area contributed by atoms with Crippen molar-refractivity contribution < 1.29 is 4.79 Å². The minimum Gasteiger partial charge on any atom is -0.319 e. The van der Waals surface area contributed by atoms with Crippen molar-refractivity contribution in [3.63, 3.8) is 0 Å². The number of benzene rings is 1. The molecule has 0 fully saturated rings. The first kappa shape index (κ1) is 18.0. The van der Waals surface area contributed by atoms with Crippen molar-refractivity contribution in [1.29, 1.82) is 0 Å². The van der Waals surface area contributed by atoms with E-state index in [2.05, 4.69) is 26.2 Å². The molecule has 0 bridgehead atoms. The maximum atomic E-state index is 13.0. The number of aromatic nitrogens is 2. The Balaban J connectivity index is 2.12. The first-order valence-electron chi connectivity index (χ1n) is 8.07. The van der Waals surface area contributed by atoms with Crippen molar-refractivity contribution in [3.8, 4) is 0 Å². The lowest BCUT2D eigenvalue weighted by atomic mass is 10.1. The summed E-state index contributed by atoms with van der Waals surface area (Å²) in [7, 11) is 0. The molecular weight excluding hydrogens is 402 g/mol. The average molecular weight is 421 g/mol. The summed E-state index contributed by atoms with van der Waals surface area (Å²) in [6, 6.07) is 5.84. The van der Waals surface area contributed by atoms with Crippen LogP contribution in [-0.2, 0) is 6.42 Å². The van der Waals surface area contributed by atoms with Gasteiger partial charge >= 0.3 is 0 Å². The number of nitrogens with zero attached hydrogens (tertiary/aromatic N) is 2. The van der Waals surface area contributed by atoms with Gasteiger partial charge in [0.25, 0.3) is 5.91 Å². The van der Waals surface area contributed by atoms with Crippen molar-refractivity contribution >= 4 is 44.8 Å². The largest absolute Gasteiger partial charge is 0.319 e. The summed E-state index contributed by atoms with van der Waals surface area (Å²) in [5.41, 5.74) is 5.70. The maximum absolute atomic E-state index is 13.0. The number of hydrogen-bond donors (Lipinski definition) is 1. The van der Waals surface area contributed by atoms with Gasteiger partial charge in [-0.2, -0.15) is 0 Å². The van der Waals surface area contributed by atoms with Gasteiger partial charge in [0.05, 0.1) is 20.9 Å². The fourth-order valence-corrected chi connectivity index (χ4v) is 4.02. The van der Waals surface area contributed by atoms with E-state index in [1.807, 2.05) is 56.5 Å². The fourth-order valence-electron chi connectivity index (χ4n) is 3.01. The van der Waals surface area contributed by atoms with Crippen molar-refractivity contribution in [1.82, 2.24) is 9.38 Å². The van der Waals surface area contributed by atoms with Gasteiger partial charge in [-0.1, -0.05) is 24.6 Å². The van der Waals surface area contributed by atoms with Crippen LogP contribution in [0.5, 0.6) is 0 Å². The maximum Gasteiger partial charge on any atom is 0.274 e. The molecule has 130 valence electrons. The SMILES string of the molecule is CCc1nc2c(Br)cc(C)cn2c1C(=O)Nc1c(C)cc(C)cc1Cl. The van der Waals surface area contributed by atoms with Gasteiger partial charge in [-0.3, -0.25) is 9.20 Å². The predicted molar refractivity (Wildman–Crippen MR) is 106 cm³/mol. The monoisotopic (exact) mass is 419 g/mol. The highest BCUT2D eigenvalue weighted by Crippen LogP contribution is 2.29. The summed E-state index contributed by atoms with van der Waals surface area (Å²) >= 11 is 9.87. The molecular formula is C19H19BrClN3O. The van der Waals surface area contributed by atoms with Crippen molar-refractivity contribution in [2.75, 3.05) is 5.32 Å². The number of fused-ring (bicyclic) bond motifs is 1. The van der Waals surface area contributed by atoms with E-state index in [0.717, 1.165) is 32.5 Å². The summed E-state index contributed by atoms with van der Waals surface area (Å²) in [4.78, 5) is 17.7. The van der Waals surface area contributed by atoms with Gasteiger partial charge < -0.3 is 5.32 Å². The van der Waals surface area contributed by atoms with Crippen molar-refractivity contribution in [2.45, 2.75) is 34.1 Å². The Morgan fingerprint density at radius 3 is 2.60 bits per heavy atom. The van der Waals surface area contributed by atoms with Crippen LogP contribution in [0.2, 0.25) is 5.02 Å². The Bertz CT molecular complexity index is 971. The zero-order valence-electron chi connectivity index (χ0n) is 14.6. The second kappa shape index (κ2) is 6.81. The van der Waals surface area contributed by atoms with E-state index in [-0.39, 0.29) is 5.91 Å². The molecule has 6 heteroatoms. The number of hydrogen-bond acceptors (Lipinski definition) is 2. The molecule has 0 aliphatic rings. The standard InChI is InChI=1S/C19H19BrClN3O/c1-5-15-17(24-9-11(3)7-13(20)18(24)22-15)19(25)23-16-12(4)6-10(2)8-14(16)21/h6-9H,5H2,1-4H3,(H,23,25). The number of amides is 1. The Labute approximate surface area is 160 Å². The smallest absolute Gasteiger partial charge is 0.274 e. The van der Waals surface area contributed by atoms with E-state index in [1.165, 1.54) is 0 Å². The normalized spacial score (nSPS) is 11.1. The highest BCUT2D eigenvalue weighted by molar-refractivity contribution is 9.10. The summed E-state index contributed by atoms with van der Waals surface area (Å²) in [5.74, 6) is -0.212. The molecule has 0 aliphatic carbocycles. The Morgan fingerprint density at radius 2 is 1.96 bits per heavy atom. The Hall–Kier alpha value is -1.85. The first-order chi connectivity index (χ1) is 11.8. The third kappa shape index (κ3) is 3.31. The summed E-state index contributed by atoms with van der Waals surface area (Å²) in [5, 5.41) is 3.50. The van der Waals surface area contributed by atoms with Gasteiger partial charge in [0, 0.05) is 6.20 Å². The molecule has 25 heavy (non-hydrogen) atoms. The molecule has 3 rings (SSSR count). The first-order valence-corrected chi connectivity index (χ1v) is 9.24. The molecule has 1 amide bonds. The highest BCUT2D eigenvalue weighted by atomic mass is 79.9. The molecule has 3 aromatic rings. The van der Waals surface area contributed by atoms with E-state index in [1.54, 1.807) is 0 Å². The van der Waals surface area contributed by atoms with Crippen LogP contribution >= 0.6 is 27.5 Å². The molecule has 1 N–H and O–H groups in total. The van der Waals surface area contributed by atoms with Crippen LogP contribution in [0.4, 0.5) is 5.69 Å². The van der Waals surface area contributed by atoms with Crippen LogP contribution in [0.3, 0.4) is 0 Å². The molecule has 4 nitrogen and oxygen atoms in total. The third-order valence-corrected chi connectivity index (χ3v) is 4.99. The van der Waals surface area contributed by atoms with Crippen LogP contribution in [0.15, 0.2) is 28.9 Å². The minimum absolute atomic E-state index is 0.212.